The molecular formula is C10H17FO. The highest BCUT2D eigenvalue weighted by Gasteiger charge is 2.03. The molecule has 0 aromatic carbocycles. The van der Waals surface area contributed by atoms with Gasteiger partial charge >= 0.3 is 0 Å². The molecule has 0 heterocycles. The molecule has 70 valence electrons. The number of alkyl halides is 1. The molecule has 1 N–H and O–H groups in total. The Morgan fingerprint density at radius 2 is 2.17 bits per heavy atom. The van der Waals surface area contributed by atoms with E-state index < -0.39 is 12.8 Å². The second kappa shape index (κ2) is 7.04. The van der Waals surface area contributed by atoms with E-state index in [4.69, 9.17) is 0 Å². The average Bonchev–Trinajstić information content (AvgIpc) is 2.11. The summed E-state index contributed by atoms with van der Waals surface area (Å²) in [6, 6.07) is 0. The predicted molar refractivity (Wildman–Crippen MR) is 49.8 cm³/mol. The number of halogens is 1. The fourth-order valence-electron chi connectivity index (χ4n) is 0.967. The van der Waals surface area contributed by atoms with Crippen molar-refractivity contribution < 1.29 is 9.50 Å². The lowest BCUT2D eigenvalue weighted by atomic mass is 10.1. The molecule has 0 amide bonds. The van der Waals surface area contributed by atoms with Gasteiger partial charge in [0, 0.05) is 0 Å². The van der Waals surface area contributed by atoms with Gasteiger partial charge in [0.1, 0.15) is 6.67 Å². The van der Waals surface area contributed by atoms with Gasteiger partial charge in [-0.3, -0.25) is 0 Å². The van der Waals surface area contributed by atoms with Crippen LogP contribution < -0.4 is 0 Å². The van der Waals surface area contributed by atoms with Gasteiger partial charge in [0.15, 0.2) is 0 Å². The summed E-state index contributed by atoms with van der Waals surface area (Å²) < 4.78 is 11.8. The molecule has 0 aliphatic heterocycles. The molecular weight excluding hydrogens is 155 g/mol. The quantitative estimate of drug-likeness (QED) is 0.632. The van der Waals surface area contributed by atoms with Crippen LogP contribution in [0.2, 0.25) is 0 Å². The van der Waals surface area contributed by atoms with E-state index >= 15 is 0 Å². The molecule has 0 saturated carbocycles. The summed E-state index contributed by atoms with van der Waals surface area (Å²) in [4.78, 5) is 0. The van der Waals surface area contributed by atoms with Gasteiger partial charge in [-0.15, -0.1) is 0 Å². The minimum Gasteiger partial charge on any atom is -0.388 e. The van der Waals surface area contributed by atoms with Gasteiger partial charge in [0.2, 0.25) is 0 Å². The maximum absolute atomic E-state index is 11.8. The minimum atomic E-state index is -0.475. The minimum absolute atomic E-state index is 0.451. The summed E-state index contributed by atoms with van der Waals surface area (Å²) >= 11 is 0. The highest BCUT2D eigenvalue weighted by atomic mass is 19.1. The zero-order valence-electron chi connectivity index (χ0n) is 7.76. The lowest BCUT2D eigenvalue weighted by Crippen LogP contribution is -2.06. The number of aliphatic hydroxyl groups excluding tert-OH is 1. The predicted octanol–water partition coefficient (Wildman–Crippen LogP) is 2.62. The van der Waals surface area contributed by atoms with E-state index in [2.05, 4.69) is 0 Å². The highest BCUT2D eigenvalue weighted by molar-refractivity contribution is 5.22. The summed E-state index contributed by atoms with van der Waals surface area (Å²) in [7, 11) is 0. The van der Waals surface area contributed by atoms with Crippen LogP contribution in [0.3, 0.4) is 0 Å². The second-order valence-electron chi connectivity index (χ2n) is 2.59. The van der Waals surface area contributed by atoms with Crippen LogP contribution in [0.5, 0.6) is 0 Å². The number of hydrogen-bond acceptors (Lipinski definition) is 1. The third-order valence-corrected chi connectivity index (χ3v) is 1.61. The Morgan fingerprint density at radius 1 is 1.50 bits per heavy atom. The topological polar surface area (TPSA) is 20.2 Å². The first kappa shape index (κ1) is 11.4. The second-order valence-corrected chi connectivity index (χ2v) is 2.59. The molecule has 0 aromatic heterocycles. The van der Waals surface area contributed by atoms with E-state index in [9.17, 15) is 9.50 Å². The Morgan fingerprint density at radius 3 is 2.58 bits per heavy atom. The summed E-state index contributed by atoms with van der Waals surface area (Å²) in [6.07, 6.45) is 6.07. The molecule has 1 nitrogen and oxygen atoms in total. The lowest BCUT2D eigenvalue weighted by Gasteiger charge is -2.08. The monoisotopic (exact) mass is 172 g/mol. The zero-order chi connectivity index (χ0) is 9.40. The Bertz CT molecular complexity index is 161. The van der Waals surface area contributed by atoms with Gasteiger partial charge < -0.3 is 5.11 Å². The molecule has 2 heteroatoms. The van der Waals surface area contributed by atoms with Crippen LogP contribution in [0.1, 0.15) is 26.7 Å². The van der Waals surface area contributed by atoms with Crippen molar-refractivity contribution in [1.82, 2.24) is 0 Å². The molecule has 0 radical (unpaired) electrons. The summed E-state index contributed by atoms with van der Waals surface area (Å²) in [6.45, 7) is 3.42. The first-order valence-electron chi connectivity index (χ1n) is 4.36. The number of rotatable bonds is 5. The van der Waals surface area contributed by atoms with Crippen molar-refractivity contribution in [3.63, 3.8) is 0 Å². The normalized spacial score (nSPS) is 15.5. The molecule has 0 aliphatic carbocycles. The first-order chi connectivity index (χ1) is 5.76. The maximum Gasteiger partial charge on any atom is 0.108 e. The van der Waals surface area contributed by atoms with Crippen LogP contribution in [0.15, 0.2) is 23.8 Å². The molecule has 0 saturated heterocycles. The van der Waals surface area contributed by atoms with E-state index in [0.717, 1.165) is 12.0 Å². The summed E-state index contributed by atoms with van der Waals surface area (Å²) in [5, 5.41) is 9.43. The van der Waals surface area contributed by atoms with Gasteiger partial charge in [0.25, 0.3) is 0 Å². The van der Waals surface area contributed by atoms with E-state index in [1.165, 1.54) is 6.08 Å². The fourth-order valence-corrected chi connectivity index (χ4v) is 0.967. The van der Waals surface area contributed by atoms with Crippen LogP contribution in [0, 0.1) is 0 Å². The van der Waals surface area contributed by atoms with Gasteiger partial charge in [-0.25, -0.2) is 4.39 Å². The van der Waals surface area contributed by atoms with Crippen LogP contribution in [0.4, 0.5) is 4.39 Å². The SMILES string of the molecule is CC/C=C(\C=C/CF)[C@@H](O)CC. The number of hydrogen-bond donors (Lipinski definition) is 1. The largest absolute Gasteiger partial charge is 0.388 e. The Hall–Kier alpha value is -0.630. The van der Waals surface area contributed by atoms with Crippen LogP contribution in [-0.4, -0.2) is 17.9 Å². The van der Waals surface area contributed by atoms with Crippen molar-refractivity contribution in [2.45, 2.75) is 32.8 Å². The maximum atomic E-state index is 11.8. The molecule has 0 rings (SSSR count). The van der Waals surface area contributed by atoms with E-state index in [0.29, 0.717) is 6.42 Å². The zero-order valence-corrected chi connectivity index (χ0v) is 7.76. The third kappa shape index (κ3) is 4.29. The van der Waals surface area contributed by atoms with Crippen LogP contribution in [0.25, 0.3) is 0 Å². The van der Waals surface area contributed by atoms with Crippen LogP contribution >= 0.6 is 0 Å². The average molecular weight is 172 g/mol. The molecule has 0 fully saturated rings. The van der Waals surface area contributed by atoms with E-state index in [1.54, 1.807) is 6.08 Å². The fraction of sp³-hybridized carbons (Fsp3) is 0.600. The Kier molecular flexibility index (Phi) is 6.67. The van der Waals surface area contributed by atoms with Gasteiger partial charge in [0.05, 0.1) is 6.10 Å². The third-order valence-electron chi connectivity index (χ3n) is 1.61. The van der Waals surface area contributed by atoms with Gasteiger partial charge in [-0.05, 0) is 18.4 Å². The van der Waals surface area contributed by atoms with Gasteiger partial charge in [-0.1, -0.05) is 32.1 Å². The van der Waals surface area contributed by atoms with Crippen molar-refractivity contribution in [2.24, 2.45) is 0 Å². The van der Waals surface area contributed by atoms with Crippen molar-refractivity contribution in [1.29, 1.82) is 0 Å². The van der Waals surface area contributed by atoms with E-state index in [1.807, 2.05) is 19.9 Å². The van der Waals surface area contributed by atoms with Crippen molar-refractivity contribution >= 4 is 0 Å². The molecule has 1 atom stereocenters. The molecule has 0 spiro atoms. The van der Waals surface area contributed by atoms with Crippen molar-refractivity contribution in [3.05, 3.63) is 23.8 Å². The lowest BCUT2D eigenvalue weighted by molar-refractivity contribution is 0.210. The van der Waals surface area contributed by atoms with E-state index in [-0.39, 0.29) is 0 Å². The molecule has 12 heavy (non-hydrogen) atoms. The molecule has 0 unspecified atom stereocenters. The molecule has 0 aliphatic rings. The first-order valence-corrected chi connectivity index (χ1v) is 4.36. The number of allylic oxidation sites excluding steroid dienone is 2. The van der Waals surface area contributed by atoms with Crippen molar-refractivity contribution in [3.8, 4) is 0 Å². The molecule has 0 aromatic rings. The summed E-state index contributed by atoms with van der Waals surface area (Å²) in [5.74, 6) is 0. The van der Waals surface area contributed by atoms with Crippen molar-refractivity contribution in [2.75, 3.05) is 6.67 Å². The molecule has 0 bridgehead atoms. The Balaban J connectivity index is 4.23. The standard InChI is InChI=1S/C10H17FO/c1-3-6-9(7-5-8-11)10(12)4-2/h5-7,10,12H,3-4,8H2,1-2H3/b7-5-,9-6+/t10-/m0/s1. The van der Waals surface area contributed by atoms with Crippen LogP contribution in [-0.2, 0) is 0 Å². The highest BCUT2D eigenvalue weighted by Crippen LogP contribution is 2.08. The van der Waals surface area contributed by atoms with Gasteiger partial charge in [-0.2, -0.15) is 0 Å². The smallest absolute Gasteiger partial charge is 0.108 e. The summed E-state index contributed by atoms with van der Waals surface area (Å²) in [5.41, 5.74) is 0.817. The Labute approximate surface area is 73.6 Å². The number of aliphatic hydroxyl groups is 1.